The zero-order valence-electron chi connectivity index (χ0n) is 40.5. The number of ether oxygens (including phenoxy) is 5. The predicted octanol–water partition coefficient (Wildman–Crippen LogP) is 9.39. The zero-order valence-corrected chi connectivity index (χ0v) is 41.3. The number of amides is 1. The van der Waals surface area contributed by atoms with Crippen molar-refractivity contribution in [2.45, 2.75) is 109 Å². The molecule has 3 fully saturated rings. The first-order valence-corrected chi connectivity index (χ1v) is 25.0. The Kier molecular flexibility index (Phi) is 12.9. The van der Waals surface area contributed by atoms with Crippen LogP contribution in [0.2, 0.25) is 0 Å². The normalized spacial score (nSPS) is 20.2. The molecule has 3 aliphatic heterocycles. The lowest BCUT2D eigenvalue weighted by molar-refractivity contribution is -0.137. The second-order valence-corrected chi connectivity index (χ2v) is 21.5. The maximum atomic E-state index is 18.0. The fraction of sp³-hybridized carbons (Fsp3) is 0.480. The number of halogens is 5. The van der Waals surface area contributed by atoms with Crippen LogP contribution in [0, 0.1) is 24.0 Å². The van der Waals surface area contributed by atoms with E-state index in [1.54, 1.807) is 86.0 Å². The summed E-state index contributed by atoms with van der Waals surface area (Å²) in [6, 6.07) is 12.9. The van der Waals surface area contributed by atoms with Gasteiger partial charge in [0.1, 0.15) is 51.4 Å². The third-order valence-electron chi connectivity index (χ3n) is 13.5. The van der Waals surface area contributed by atoms with Crippen LogP contribution in [0.4, 0.5) is 38.3 Å². The van der Waals surface area contributed by atoms with Crippen LogP contribution >= 0.6 is 0 Å². The number of benzene rings is 3. The molecule has 1 amide bonds. The van der Waals surface area contributed by atoms with Gasteiger partial charge in [-0.2, -0.15) is 31.6 Å². The number of anilines is 2. The number of piperazine rings is 1. The van der Waals surface area contributed by atoms with E-state index < -0.39 is 91.1 Å². The number of carbonyl (C=O) groups excluding carboxylic acids is 1. The van der Waals surface area contributed by atoms with Crippen molar-refractivity contribution < 1.29 is 63.0 Å². The number of carbonyl (C=O) groups is 1. The highest BCUT2D eigenvalue weighted by atomic mass is 32.2. The van der Waals surface area contributed by atoms with Gasteiger partial charge in [0.05, 0.1) is 63.1 Å². The largest absolute Gasteiger partial charge is 0.497 e. The molecule has 3 aromatic carbocycles. The summed E-state index contributed by atoms with van der Waals surface area (Å²) in [5, 5.41) is -0.0483. The van der Waals surface area contributed by atoms with E-state index in [1.807, 2.05) is 4.90 Å². The Bertz CT molecular complexity index is 2920. The van der Waals surface area contributed by atoms with Crippen LogP contribution in [0.1, 0.15) is 75.6 Å². The van der Waals surface area contributed by atoms with Gasteiger partial charge in [0.15, 0.2) is 5.82 Å². The lowest BCUT2D eigenvalue weighted by Crippen LogP contribution is -2.65. The summed E-state index contributed by atoms with van der Waals surface area (Å²) >= 11 is 0. The highest BCUT2D eigenvalue weighted by molar-refractivity contribution is 7.86. The van der Waals surface area contributed by atoms with Crippen molar-refractivity contribution in [1.29, 1.82) is 0 Å². The Morgan fingerprint density at radius 1 is 0.901 bits per heavy atom. The molecule has 2 aromatic heterocycles. The van der Waals surface area contributed by atoms with E-state index in [0.717, 1.165) is 19.2 Å². The number of fused-ring (bicyclic) bond motifs is 5. The molecule has 0 N–H and O–H groups in total. The van der Waals surface area contributed by atoms with Crippen LogP contribution in [0.3, 0.4) is 0 Å². The molecule has 5 aromatic rings. The maximum Gasteiger partial charge on any atom is 0.417 e. The number of alkyl halides is 3. The summed E-state index contributed by atoms with van der Waals surface area (Å²) in [4.78, 5) is 32.8. The van der Waals surface area contributed by atoms with E-state index in [1.165, 1.54) is 14.2 Å². The van der Waals surface area contributed by atoms with Gasteiger partial charge in [0.25, 0.3) is 10.1 Å². The van der Waals surface area contributed by atoms with Gasteiger partial charge in [-0.05, 0) is 107 Å². The van der Waals surface area contributed by atoms with Gasteiger partial charge in [-0.15, -0.1) is 0 Å². The zero-order chi connectivity index (χ0) is 50.9. The van der Waals surface area contributed by atoms with Crippen LogP contribution in [0.25, 0.3) is 22.2 Å². The van der Waals surface area contributed by atoms with Gasteiger partial charge in [-0.1, -0.05) is 24.3 Å². The molecule has 2 saturated heterocycles. The fourth-order valence-corrected chi connectivity index (χ4v) is 10.4. The molecule has 4 atom stereocenters. The van der Waals surface area contributed by atoms with Gasteiger partial charge in [-0.3, -0.25) is 9.08 Å². The monoisotopic (exact) mass is 1010 g/mol. The lowest BCUT2D eigenvalue weighted by Gasteiger charge is -2.48. The molecule has 0 radical (unpaired) electrons. The molecule has 5 heterocycles. The Labute approximate surface area is 408 Å². The summed E-state index contributed by atoms with van der Waals surface area (Å²) < 4.78 is 140. The topological polar surface area (TPSA) is 155 Å². The SMILES string of the molecule is COc1ccc(CN(Cc2ccc(OC)cc2)c2cc(-c3nc4c5c(nc(OCC6(COS(C)(=O)=O)CC6)nc5c3F)N3C[C@H]5CC[C@@H]([C@H]3[C@H](C)O4)N5C(=O)OC(C)(C)C)c(C(F)(F)F)c(C)c2F)cc1. The Hall–Kier alpha value is -6.22. The smallest absolute Gasteiger partial charge is 0.417 e. The van der Waals surface area contributed by atoms with Crippen molar-refractivity contribution in [2.75, 3.05) is 50.0 Å². The number of aromatic nitrogens is 3. The quantitative estimate of drug-likeness (QED) is 0.0766. The molecule has 0 unspecified atom stereocenters. The van der Waals surface area contributed by atoms with E-state index in [2.05, 4.69) is 9.97 Å². The van der Waals surface area contributed by atoms with Gasteiger partial charge in [0.2, 0.25) is 5.88 Å². The number of rotatable bonds is 14. The third kappa shape index (κ3) is 10.0. The van der Waals surface area contributed by atoms with Crippen molar-refractivity contribution in [1.82, 2.24) is 19.9 Å². The number of hydrogen-bond acceptors (Lipinski definition) is 14. The molecular formula is C50H55F5N6O9S. The van der Waals surface area contributed by atoms with E-state index >= 15 is 22.0 Å². The highest BCUT2D eigenvalue weighted by Gasteiger charge is 2.54. The summed E-state index contributed by atoms with van der Waals surface area (Å²) in [5.41, 5.74) is -4.81. The first-order chi connectivity index (χ1) is 33.5. The van der Waals surface area contributed by atoms with Gasteiger partial charge < -0.3 is 33.5 Å². The van der Waals surface area contributed by atoms with Gasteiger partial charge in [-0.25, -0.2) is 18.6 Å². The van der Waals surface area contributed by atoms with Crippen molar-refractivity contribution >= 4 is 38.6 Å². The maximum absolute atomic E-state index is 18.0. The lowest BCUT2D eigenvalue weighted by atomic mass is 9.95. The van der Waals surface area contributed by atoms with Crippen molar-refractivity contribution in [3.8, 4) is 34.6 Å². The van der Waals surface area contributed by atoms with Crippen LogP contribution in [-0.4, -0.2) is 104 Å². The van der Waals surface area contributed by atoms with Gasteiger partial charge in [0, 0.05) is 30.6 Å². The van der Waals surface area contributed by atoms with Crippen molar-refractivity contribution in [3.05, 3.63) is 88.5 Å². The second-order valence-electron chi connectivity index (χ2n) is 19.8. The number of pyridine rings is 1. The molecule has 1 saturated carbocycles. The summed E-state index contributed by atoms with van der Waals surface area (Å²) in [6.45, 7) is 7.89. The highest BCUT2D eigenvalue weighted by Crippen LogP contribution is 2.50. The fourth-order valence-electron chi connectivity index (χ4n) is 9.91. The average molecular weight is 1010 g/mol. The second kappa shape index (κ2) is 18.4. The Morgan fingerprint density at radius 3 is 2.07 bits per heavy atom. The minimum atomic E-state index is -5.22. The molecule has 0 spiro atoms. The Balaban J connectivity index is 1.22. The van der Waals surface area contributed by atoms with E-state index in [9.17, 15) is 13.2 Å². The molecule has 9 rings (SSSR count). The van der Waals surface area contributed by atoms with Crippen LogP contribution in [0.15, 0.2) is 54.6 Å². The molecule has 4 aliphatic rings. The number of hydrogen-bond donors (Lipinski definition) is 0. The predicted molar refractivity (Wildman–Crippen MR) is 252 cm³/mol. The summed E-state index contributed by atoms with van der Waals surface area (Å²) in [7, 11) is -0.790. The average Bonchev–Trinajstić information content (AvgIpc) is 4.04. The van der Waals surface area contributed by atoms with E-state index in [-0.39, 0.29) is 67.7 Å². The standard InChI is InChI=1S/C50H55F5N6O9S/c1-27-38(50(53,54)55)34(21-36(39(27)51)59(22-29-9-14-32(65-6)15-10-29)23-30-11-16-33(66-7)17-12-30)41-40(52)42-37-44(58-46(57-42)67-25-49(19-20-49)26-68-71(8,63)64)60-24-31-13-18-35(43(60)28(2)69-45(37)56-41)61(31)47(62)70-48(3,4)5/h9-12,14-17,21,28,31,35,43H,13,18-20,22-26H2,1-8H3/t28-,31+,35-,43+/m0/s1. The molecule has 2 bridgehead atoms. The molecule has 1 aliphatic carbocycles. The minimum absolute atomic E-state index is 0.00436. The van der Waals surface area contributed by atoms with Crippen LogP contribution in [-0.2, 0) is 38.3 Å². The Morgan fingerprint density at radius 2 is 1.52 bits per heavy atom. The molecular weight excluding hydrogens is 956 g/mol. The first-order valence-electron chi connectivity index (χ1n) is 23.2. The summed E-state index contributed by atoms with van der Waals surface area (Å²) in [5.74, 6) is -1.53. The van der Waals surface area contributed by atoms with Crippen molar-refractivity contribution in [3.63, 3.8) is 0 Å². The van der Waals surface area contributed by atoms with E-state index in [0.29, 0.717) is 48.3 Å². The minimum Gasteiger partial charge on any atom is -0.497 e. The molecule has 71 heavy (non-hydrogen) atoms. The molecule has 15 nitrogen and oxygen atoms in total. The van der Waals surface area contributed by atoms with Crippen molar-refractivity contribution in [2.24, 2.45) is 5.41 Å². The van der Waals surface area contributed by atoms with Crippen LogP contribution in [0.5, 0.6) is 23.4 Å². The third-order valence-corrected chi connectivity index (χ3v) is 14.1. The first kappa shape index (κ1) is 49.7. The summed E-state index contributed by atoms with van der Waals surface area (Å²) in [6.07, 6.45) is -3.43. The van der Waals surface area contributed by atoms with E-state index in [4.69, 9.17) is 32.9 Å². The number of methoxy groups -OCH3 is 2. The molecule has 380 valence electrons. The molecule has 21 heteroatoms. The van der Waals surface area contributed by atoms with Crippen LogP contribution < -0.4 is 28.7 Å². The van der Waals surface area contributed by atoms with Gasteiger partial charge >= 0.3 is 18.3 Å². The number of nitrogens with zero attached hydrogens (tertiary/aromatic N) is 6.